The van der Waals surface area contributed by atoms with E-state index in [4.69, 9.17) is 9.97 Å². The van der Waals surface area contributed by atoms with E-state index in [2.05, 4.69) is 20.3 Å². The molecule has 0 aromatic carbocycles. The van der Waals surface area contributed by atoms with Crippen LogP contribution in [0.1, 0.15) is 38.4 Å². The maximum absolute atomic E-state index is 12.1. The highest BCUT2D eigenvalue weighted by molar-refractivity contribution is 7.89. The second kappa shape index (κ2) is 8.48. The van der Waals surface area contributed by atoms with Gasteiger partial charge in [0.05, 0.1) is 17.0 Å². The third-order valence-corrected chi connectivity index (χ3v) is 6.59. The molecule has 1 aromatic heterocycles. The van der Waals surface area contributed by atoms with Crippen LogP contribution in [-0.2, 0) is 22.9 Å². The number of aliphatic hydroxyl groups is 1. The lowest BCUT2D eigenvalue weighted by Crippen LogP contribution is -2.44. The minimum absolute atomic E-state index is 0.0384. The minimum Gasteiger partial charge on any atom is -0.390 e. The summed E-state index contributed by atoms with van der Waals surface area (Å²) in [6.07, 6.45) is 1.81. The summed E-state index contributed by atoms with van der Waals surface area (Å²) in [4.78, 5) is 11.6. The van der Waals surface area contributed by atoms with E-state index in [0.717, 1.165) is 37.4 Å². The summed E-state index contributed by atoms with van der Waals surface area (Å²) < 4.78 is 26.8. The predicted molar refractivity (Wildman–Crippen MR) is 110 cm³/mol. The molecule has 4 N–H and O–H groups in total. The highest BCUT2D eigenvalue weighted by Crippen LogP contribution is 2.32. The number of nitrogens with zero attached hydrogens (tertiary/aromatic N) is 3. The molecular weight excluding hydrogens is 380 g/mol. The van der Waals surface area contributed by atoms with Crippen molar-refractivity contribution in [2.45, 2.75) is 51.7 Å². The van der Waals surface area contributed by atoms with Crippen molar-refractivity contribution in [2.75, 3.05) is 48.7 Å². The van der Waals surface area contributed by atoms with Crippen LogP contribution in [0.2, 0.25) is 0 Å². The number of sulfonamides is 1. The van der Waals surface area contributed by atoms with Gasteiger partial charge in [0, 0.05) is 50.7 Å². The van der Waals surface area contributed by atoms with Crippen LogP contribution >= 0.6 is 0 Å². The first-order chi connectivity index (χ1) is 13.2. The number of piperazine rings is 1. The Kier molecular flexibility index (Phi) is 6.43. The van der Waals surface area contributed by atoms with E-state index in [1.54, 1.807) is 13.8 Å². The van der Waals surface area contributed by atoms with Crippen LogP contribution in [0, 0.1) is 0 Å². The van der Waals surface area contributed by atoms with Crippen LogP contribution in [0.25, 0.3) is 0 Å². The Bertz CT molecular complexity index is 791. The maximum atomic E-state index is 12.1. The van der Waals surface area contributed by atoms with Gasteiger partial charge in [0.15, 0.2) is 0 Å². The number of hydrogen-bond acceptors (Lipinski definition) is 8. The molecule has 1 aromatic rings. The zero-order valence-corrected chi connectivity index (χ0v) is 17.8. The van der Waals surface area contributed by atoms with E-state index >= 15 is 0 Å². The fourth-order valence-corrected chi connectivity index (χ4v) is 4.85. The largest absolute Gasteiger partial charge is 0.390 e. The first-order valence-electron chi connectivity index (χ1n) is 9.97. The average molecular weight is 413 g/mol. The molecule has 2 aliphatic rings. The van der Waals surface area contributed by atoms with Gasteiger partial charge in [-0.3, -0.25) is 0 Å². The first kappa shape index (κ1) is 21.2. The lowest BCUT2D eigenvalue weighted by Gasteiger charge is -2.33. The van der Waals surface area contributed by atoms with Crippen LogP contribution in [0.5, 0.6) is 0 Å². The highest BCUT2D eigenvalue weighted by Gasteiger charge is 2.31. The van der Waals surface area contributed by atoms with Crippen LogP contribution in [0.4, 0.5) is 11.8 Å². The topological polar surface area (TPSA) is 119 Å². The van der Waals surface area contributed by atoms with Gasteiger partial charge in [-0.1, -0.05) is 0 Å². The fourth-order valence-electron chi connectivity index (χ4n) is 3.64. The molecule has 1 aliphatic heterocycles. The van der Waals surface area contributed by atoms with E-state index in [0.29, 0.717) is 31.0 Å². The summed E-state index contributed by atoms with van der Waals surface area (Å²) in [6.45, 7) is 9.11. The molecule has 9 nitrogen and oxygen atoms in total. The number of fused-ring (bicyclic) bond motifs is 1. The molecule has 2 heterocycles. The molecule has 1 unspecified atom stereocenters. The van der Waals surface area contributed by atoms with Crippen LogP contribution in [0.15, 0.2) is 0 Å². The molecule has 1 aliphatic carbocycles. The Morgan fingerprint density at radius 3 is 2.68 bits per heavy atom. The summed E-state index contributed by atoms with van der Waals surface area (Å²) in [5.41, 5.74) is 1.04. The molecule has 1 fully saturated rings. The van der Waals surface area contributed by atoms with Gasteiger partial charge < -0.3 is 20.6 Å². The second-order valence-electron chi connectivity index (χ2n) is 8.23. The molecule has 0 saturated carbocycles. The third-order valence-electron chi connectivity index (χ3n) is 5.02. The zero-order chi connectivity index (χ0) is 20.4. The van der Waals surface area contributed by atoms with Gasteiger partial charge in [-0.2, -0.15) is 4.98 Å². The van der Waals surface area contributed by atoms with Crippen LogP contribution < -0.4 is 20.3 Å². The smallest absolute Gasteiger partial charge is 0.227 e. The predicted octanol–water partition coefficient (Wildman–Crippen LogP) is -0.134. The number of aromatic nitrogens is 2. The summed E-state index contributed by atoms with van der Waals surface area (Å²) in [5, 5.41) is 17.0. The molecule has 0 bridgehead atoms. The van der Waals surface area contributed by atoms with Crippen molar-refractivity contribution in [3.8, 4) is 0 Å². The third kappa shape index (κ3) is 5.53. The molecule has 0 radical (unpaired) electrons. The Labute approximate surface area is 167 Å². The summed E-state index contributed by atoms with van der Waals surface area (Å²) in [7, 11) is -3.35. The van der Waals surface area contributed by atoms with E-state index in [1.165, 1.54) is 0 Å². The molecule has 0 amide bonds. The van der Waals surface area contributed by atoms with Crippen molar-refractivity contribution in [2.24, 2.45) is 0 Å². The number of nitrogens with one attached hydrogen (secondary N) is 3. The van der Waals surface area contributed by atoms with Gasteiger partial charge in [-0.25, -0.2) is 18.1 Å². The van der Waals surface area contributed by atoms with Crippen molar-refractivity contribution in [1.82, 2.24) is 20.0 Å². The first-order valence-corrected chi connectivity index (χ1v) is 11.6. The zero-order valence-electron chi connectivity index (χ0n) is 17.0. The van der Waals surface area contributed by atoms with Crippen molar-refractivity contribution >= 4 is 21.8 Å². The lowest BCUT2D eigenvalue weighted by atomic mass is 9.84. The normalized spacial score (nSPS) is 23.0. The van der Waals surface area contributed by atoms with E-state index in [9.17, 15) is 13.5 Å². The van der Waals surface area contributed by atoms with E-state index < -0.39 is 15.6 Å². The maximum Gasteiger partial charge on any atom is 0.227 e. The summed E-state index contributed by atoms with van der Waals surface area (Å²) >= 11 is 0. The number of hydrogen-bond donors (Lipinski definition) is 4. The quantitative estimate of drug-likeness (QED) is 0.489. The van der Waals surface area contributed by atoms with Crippen molar-refractivity contribution in [3.63, 3.8) is 0 Å². The molecule has 0 spiro atoms. The number of aryl methyl sites for hydroxylation is 1. The van der Waals surface area contributed by atoms with Gasteiger partial charge in [-0.15, -0.1) is 0 Å². The van der Waals surface area contributed by atoms with Gasteiger partial charge in [0.25, 0.3) is 0 Å². The number of anilines is 2. The monoisotopic (exact) mass is 412 g/mol. The molecule has 158 valence electrons. The minimum atomic E-state index is -3.35. The fraction of sp³-hybridized carbons (Fsp3) is 0.778. The molecular formula is C18H32N6O3S. The molecule has 1 atom stereocenters. The summed E-state index contributed by atoms with van der Waals surface area (Å²) in [5.74, 6) is 1.27. The van der Waals surface area contributed by atoms with Crippen LogP contribution in [0.3, 0.4) is 0 Å². The molecule has 28 heavy (non-hydrogen) atoms. The van der Waals surface area contributed by atoms with Crippen LogP contribution in [-0.4, -0.2) is 73.6 Å². The van der Waals surface area contributed by atoms with Crippen molar-refractivity contribution in [3.05, 3.63) is 11.3 Å². The summed E-state index contributed by atoms with van der Waals surface area (Å²) in [6, 6.07) is -0.133. The lowest BCUT2D eigenvalue weighted by molar-refractivity contribution is 0.0453. The Hall–Kier alpha value is -1.49. The second-order valence-corrected chi connectivity index (χ2v) is 10.1. The Morgan fingerprint density at radius 1 is 1.29 bits per heavy atom. The van der Waals surface area contributed by atoms with Crippen molar-refractivity contribution < 1.29 is 13.5 Å². The SMILES string of the molecule is CC(C)NS(=O)(=O)CCNc1nc(N2CCNCC2)nc2c1CC(C)(O)CC2. The van der Waals surface area contributed by atoms with Gasteiger partial charge in [0.2, 0.25) is 16.0 Å². The van der Waals surface area contributed by atoms with E-state index in [1.807, 2.05) is 6.92 Å². The number of rotatable bonds is 7. The van der Waals surface area contributed by atoms with Gasteiger partial charge in [-0.05, 0) is 33.6 Å². The van der Waals surface area contributed by atoms with Crippen molar-refractivity contribution in [1.29, 1.82) is 0 Å². The standard InChI is InChI=1S/C18H32N6O3S/c1-13(2)23-28(26,27)11-8-20-16-14-12-18(3,25)5-4-15(14)21-17(22-16)24-9-6-19-7-10-24/h13,19,23,25H,4-12H2,1-3H3,(H,20,21,22). The Balaban J connectivity index is 1.81. The van der Waals surface area contributed by atoms with Gasteiger partial charge in [0.1, 0.15) is 5.82 Å². The highest BCUT2D eigenvalue weighted by atomic mass is 32.2. The van der Waals surface area contributed by atoms with E-state index in [-0.39, 0.29) is 18.3 Å². The molecule has 3 rings (SSSR count). The molecule has 10 heteroatoms. The average Bonchev–Trinajstić information content (AvgIpc) is 2.61. The Morgan fingerprint density at radius 2 is 2.00 bits per heavy atom. The van der Waals surface area contributed by atoms with Gasteiger partial charge >= 0.3 is 0 Å². The molecule has 1 saturated heterocycles.